The van der Waals surface area contributed by atoms with Crippen LogP contribution in [0.4, 0.5) is 0 Å². The minimum Gasteiger partial charge on any atom is 2.00 e. The Hall–Kier alpha value is 3.60. The van der Waals surface area contributed by atoms with Crippen LogP contribution >= 0.6 is 7.82 Å². The fraction of sp³-hybridized carbons (Fsp3) is 0. The van der Waals surface area contributed by atoms with Gasteiger partial charge in [0.1, 0.15) is 0 Å². The molecule has 0 atom stereocenters. The molecule has 0 saturated heterocycles. The number of rotatable bonds is 24. The van der Waals surface area contributed by atoms with Crippen molar-refractivity contribution in [3.8, 4) is 0 Å². The van der Waals surface area contributed by atoms with E-state index in [4.69, 9.17) is 11.3 Å². The third-order valence-corrected chi connectivity index (χ3v) is 62.5. The first-order valence-corrected chi connectivity index (χ1v) is 49.8. The van der Waals surface area contributed by atoms with Gasteiger partial charge < -0.3 is 0 Å². The maximum Gasteiger partial charge on any atom is 2.00 e. The van der Waals surface area contributed by atoms with E-state index in [1.807, 2.05) is 0 Å². The molecule has 0 amide bonds. The van der Waals surface area contributed by atoms with Crippen molar-refractivity contribution in [2.75, 3.05) is 0 Å². The van der Waals surface area contributed by atoms with Crippen LogP contribution in [0.1, 0.15) is 0 Å². The van der Waals surface area contributed by atoms with Crippen LogP contribution in [0.3, 0.4) is 0 Å². The van der Waals surface area contributed by atoms with Crippen molar-refractivity contribution < 1.29 is 343 Å². The summed E-state index contributed by atoms with van der Waals surface area (Å²) in [6.45, 7) is 0. The van der Waals surface area contributed by atoms with Gasteiger partial charge in [-0.3, -0.25) is 0 Å². The fourth-order valence-electron chi connectivity index (χ4n) is 1.41. The minimum atomic E-state index is -8.79. The van der Waals surface area contributed by atoms with E-state index in [-0.39, 0.29) is 16.8 Å². The van der Waals surface area contributed by atoms with Gasteiger partial charge in [0.15, 0.2) is 0 Å². The van der Waals surface area contributed by atoms with Gasteiger partial charge in [-0.15, -0.1) is 0 Å². The largest absolute Gasteiger partial charge is 2.00 e. The molecule has 327 valence electrons. The van der Waals surface area contributed by atoms with Gasteiger partial charge in [0, 0.05) is 0 Å². The standard InChI is InChI=1S/Co.12Mo.H3O4P.3H2O.33O/c;;;;;;;;;;;;;1-5(2,3)4;;;;;;;;;;;;;;;;;;;;;;;;;;;;;;;;;;;;/h;;;;;;;;;;;;;(H3,1,2,3,4);3*1H2;;;;;;;;;;;;;;;;;;;;;;;;;;;;;;;;;/q+2;;;;;;;6*+1;;;;;;;;;;;;;;;;;;;;;;;;;;;;;;;;;;;;;/p-6. The SMILES string of the molecule is O=P([O][Mo](=[O])(=[O])[O][Mo](=[O])(=[O])[O][Mo](=[O])(=[O])[O][Mo](=[O])(=[O])[OH])([O][Mo](=[O])(=[O])[O][Mo](=[O])(=[O])[O][Mo](=[O])(=[O])[O][Mo](=[O])(=[O])[OH])[O][Mo](=[O])(=[O])[O][Mo](=[O])(=[O])[O][Mo](=[O])(=[O])[O][Mo](=[O])(=[O])[OH].[Co+2]. The van der Waals surface area contributed by atoms with Crippen LogP contribution in [-0.4, -0.2) is 11.3 Å². The van der Waals surface area contributed by atoms with Crippen molar-refractivity contribution in [1.29, 1.82) is 0 Å². The average Bonchev–Trinajstić information content (AvgIpc) is 2.58. The third-order valence-electron chi connectivity index (χ3n) is 2.06. The second-order valence-electron chi connectivity index (χ2n) is 6.24. The molecule has 0 saturated carbocycles. The Morgan fingerprint density at radius 1 is 0.259 bits per heavy atom. The monoisotopic (exact) mass is 1910 g/mol. The van der Waals surface area contributed by atoms with Crippen molar-refractivity contribution >= 4 is 7.82 Å². The summed E-state index contributed by atoms with van der Waals surface area (Å²) in [5.74, 6) is 0. The Labute approximate surface area is 344 Å². The first kappa shape index (κ1) is 59.7. The van der Waals surface area contributed by atoms with Crippen LogP contribution < -0.4 is 0 Å². The van der Waals surface area contributed by atoms with Crippen molar-refractivity contribution in [2.45, 2.75) is 0 Å². The molecule has 0 aromatic carbocycles. The van der Waals surface area contributed by atoms with E-state index < -0.39 is 209 Å². The molecule has 0 rings (SSSR count). The molecule has 0 bridgehead atoms. The van der Waals surface area contributed by atoms with Gasteiger partial charge in [0.05, 0.1) is 0 Å². The molecule has 0 spiro atoms. The van der Waals surface area contributed by atoms with Crippen molar-refractivity contribution in [2.24, 2.45) is 0 Å². The van der Waals surface area contributed by atoms with Gasteiger partial charge in [-0.25, -0.2) is 0 Å². The molecule has 0 fully saturated rings. The summed E-state index contributed by atoms with van der Waals surface area (Å²) >= 11 is -97.4. The molecule has 54 heteroatoms. The molecule has 1 radical (unpaired) electrons. The Balaban J connectivity index is 0. The maximum atomic E-state index is 12.8. The van der Waals surface area contributed by atoms with E-state index in [9.17, 15) is 86.1 Å². The summed E-state index contributed by atoms with van der Waals surface area (Å²) in [7, 11) is -7.91. The zero-order valence-corrected chi connectivity index (χ0v) is 48.1. The van der Waals surface area contributed by atoms with Crippen molar-refractivity contribution in [3.05, 3.63) is 0 Å². The topological polar surface area (TPSA) is 598 Å². The fourth-order valence-corrected chi connectivity index (χ4v) is 60.4. The smallest absolute Gasteiger partial charge is 2.00 e. The maximum absolute atomic E-state index is 12.8. The second kappa shape index (κ2) is 20.0. The van der Waals surface area contributed by atoms with Crippen LogP contribution in [0.25, 0.3) is 0 Å². The Morgan fingerprint density at radius 2 is 0.389 bits per heavy atom. The van der Waals surface area contributed by atoms with Crippen molar-refractivity contribution in [1.82, 2.24) is 0 Å². The Kier molecular flexibility index (Phi) is 22.1. The number of hydrogen-bond acceptors (Lipinski definition) is 37. The molecular formula is H3CoMo12O40P+2. The van der Waals surface area contributed by atoms with Crippen LogP contribution in [0, 0.1) is 0 Å². The second-order valence-corrected chi connectivity index (χ2v) is 56.1. The molecular weight excluding hydrogens is 1880 g/mol. The van der Waals surface area contributed by atoms with E-state index in [0.29, 0.717) is 0 Å². The molecule has 0 aliphatic carbocycles. The zero-order chi connectivity index (χ0) is 43.0. The van der Waals surface area contributed by atoms with Crippen LogP contribution in [-0.2, 0) is 332 Å². The summed E-state index contributed by atoms with van der Waals surface area (Å²) in [5.41, 5.74) is 0. The zero-order valence-electron chi connectivity index (χ0n) is 22.1. The molecule has 54 heavy (non-hydrogen) atoms. The first-order chi connectivity index (χ1) is 22.5. The predicted octanol–water partition coefficient (Wildman–Crippen LogP) is -4.63. The summed E-state index contributed by atoms with van der Waals surface area (Å²) in [5, 5.41) is 0. The number of phosphoric acid groups is 1. The molecule has 0 aromatic heterocycles. The van der Waals surface area contributed by atoms with Crippen molar-refractivity contribution in [3.63, 3.8) is 0 Å². The summed E-state index contributed by atoms with van der Waals surface area (Å²) in [6.07, 6.45) is 0. The van der Waals surface area contributed by atoms with E-state index in [1.54, 1.807) is 0 Å². The quantitative estimate of drug-likeness (QED) is 0.0604. The molecule has 0 aliphatic rings. The first-order valence-electron chi connectivity index (χ1n) is 8.78. The normalized spacial score (nSPS) is 15.3. The number of hydrogen-bond donors (Lipinski definition) is 3. The predicted molar refractivity (Wildman–Crippen MR) is 43.8 cm³/mol. The van der Waals surface area contributed by atoms with Gasteiger partial charge in [-0.1, -0.05) is 0 Å². The van der Waals surface area contributed by atoms with E-state index in [1.165, 1.54) is 0 Å². The summed E-state index contributed by atoms with van der Waals surface area (Å²) < 4.78 is 347. The minimum absolute atomic E-state index is 0. The van der Waals surface area contributed by atoms with Crippen LogP contribution in [0.2, 0.25) is 0 Å². The molecule has 0 heterocycles. The van der Waals surface area contributed by atoms with E-state index in [2.05, 4.69) is 27.9 Å². The van der Waals surface area contributed by atoms with Gasteiger partial charge in [0.25, 0.3) is 0 Å². The molecule has 0 unspecified atom stereocenters. The third kappa shape index (κ3) is 29.0. The van der Waals surface area contributed by atoms with Gasteiger partial charge in [0.2, 0.25) is 0 Å². The van der Waals surface area contributed by atoms with Crippen LogP contribution in [0.15, 0.2) is 0 Å². The Bertz CT molecular complexity index is 2510. The molecule has 0 aromatic rings. The molecule has 3 N–H and O–H groups in total. The Morgan fingerprint density at radius 3 is 0.537 bits per heavy atom. The van der Waals surface area contributed by atoms with E-state index in [0.717, 1.165) is 0 Å². The average molecular weight is 1880 g/mol. The van der Waals surface area contributed by atoms with Gasteiger partial charge >= 0.3 is 351 Å². The van der Waals surface area contributed by atoms with Gasteiger partial charge in [-0.05, 0) is 0 Å². The van der Waals surface area contributed by atoms with Crippen LogP contribution in [0.5, 0.6) is 0 Å². The van der Waals surface area contributed by atoms with E-state index >= 15 is 0 Å². The summed E-state index contributed by atoms with van der Waals surface area (Å²) in [6, 6.07) is 0. The van der Waals surface area contributed by atoms with Gasteiger partial charge in [-0.2, -0.15) is 0 Å². The molecule has 40 nitrogen and oxygen atoms in total. The molecule has 0 aliphatic heterocycles. The summed E-state index contributed by atoms with van der Waals surface area (Å²) in [4.78, 5) is 0.